The van der Waals surface area contributed by atoms with E-state index in [1.165, 1.54) is 0 Å². The van der Waals surface area contributed by atoms with Gasteiger partial charge in [-0.25, -0.2) is 4.79 Å². The number of primary amides is 1. The first kappa shape index (κ1) is 21.0. The number of aromatic nitrogens is 1. The molecule has 0 fully saturated rings. The Hall–Kier alpha value is -4.26. The van der Waals surface area contributed by atoms with Gasteiger partial charge in [0.05, 0.1) is 0 Å². The van der Waals surface area contributed by atoms with Crippen LogP contribution in [0.3, 0.4) is 0 Å². The largest absolute Gasteiger partial charge is 0.489 e. The van der Waals surface area contributed by atoms with Gasteiger partial charge in [-0.05, 0) is 35.4 Å². The van der Waals surface area contributed by atoms with E-state index in [2.05, 4.69) is 10.5 Å². The highest BCUT2D eigenvalue weighted by Gasteiger charge is 2.08. The fourth-order valence-corrected chi connectivity index (χ4v) is 3.07. The zero-order valence-electron chi connectivity index (χ0n) is 17.4. The average molecular weight is 429 g/mol. The van der Waals surface area contributed by atoms with Gasteiger partial charge in [0.15, 0.2) is 12.4 Å². The van der Waals surface area contributed by atoms with Crippen LogP contribution in [0.15, 0.2) is 89.5 Å². The van der Waals surface area contributed by atoms with E-state index in [9.17, 15) is 4.79 Å². The van der Waals surface area contributed by atoms with E-state index in [0.29, 0.717) is 24.6 Å². The Morgan fingerprint density at radius 2 is 1.66 bits per heavy atom. The quantitative estimate of drug-likeness (QED) is 0.383. The molecule has 7 nitrogen and oxygen atoms in total. The van der Waals surface area contributed by atoms with E-state index in [1.54, 1.807) is 6.07 Å². The summed E-state index contributed by atoms with van der Waals surface area (Å²) in [7, 11) is 0. The Balaban J connectivity index is 1.27. The molecule has 0 aliphatic carbocycles. The number of anilines is 1. The van der Waals surface area contributed by atoms with Crippen molar-refractivity contribution >= 4 is 11.8 Å². The number of nitrogens with two attached hydrogens (primary N) is 1. The molecule has 0 unspecified atom stereocenters. The summed E-state index contributed by atoms with van der Waals surface area (Å²) in [6.45, 7) is 1.20. The summed E-state index contributed by atoms with van der Waals surface area (Å²) in [5, 5.41) is 7.39. The van der Waals surface area contributed by atoms with Crippen LogP contribution >= 0.6 is 0 Å². The maximum atomic E-state index is 10.7. The van der Waals surface area contributed by atoms with Crippen LogP contribution in [0, 0.1) is 0 Å². The third kappa shape index (κ3) is 5.89. The zero-order chi connectivity index (χ0) is 22.2. The molecule has 0 aliphatic rings. The lowest BCUT2D eigenvalue weighted by Gasteiger charge is -2.09. The normalized spacial score (nSPS) is 10.5. The third-order valence-corrected chi connectivity index (χ3v) is 4.76. The van der Waals surface area contributed by atoms with Crippen LogP contribution in [0.2, 0.25) is 0 Å². The van der Waals surface area contributed by atoms with Crippen molar-refractivity contribution in [2.24, 2.45) is 5.73 Å². The van der Waals surface area contributed by atoms with Crippen molar-refractivity contribution < 1.29 is 18.8 Å². The molecule has 1 aromatic heterocycles. The van der Waals surface area contributed by atoms with E-state index in [4.69, 9.17) is 19.7 Å². The monoisotopic (exact) mass is 429 g/mol. The highest BCUT2D eigenvalue weighted by molar-refractivity contribution is 5.65. The van der Waals surface area contributed by atoms with Crippen LogP contribution in [-0.2, 0) is 24.5 Å². The molecule has 4 rings (SSSR count). The number of rotatable bonds is 9. The second-order valence-electron chi connectivity index (χ2n) is 7.14. The third-order valence-electron chi connectivity index (χ3n) is 4.76. The lowest BCUT2D eigenvalue weighted by Crippen LogP contribution is -2.12. The van der Waals surface area contributed by atoms with Gasteiger partial charge in [-0.2, -0.15) is 0 Å². The van der Waals surface area contributed by atoms with Crippen molar-refractivity contribution in [1.82, 2.24) is 5.16 Å². The van der Waals surface area contributed by atoms with Crippen molar-refractivity contribution in [1.29, 1.82) is 0 Å². The number of hydrogen-bond acceptors (Lipinski definition) is 6. The smallest absolute Gasteiger partial charge is 0.404 e. The summed E-state index contributed by atoms with van der Waals surface area (Å²) in [6.07, 6.45) is -0.854. The number of benzene rings is 3. The van der Waals surface area contributed by atoms with Gasteiger partial charge in [-0.15, -0.1) is 0 Å². The summed E-state index contributed by atoms with van der Waals surface area (Å²) in [5.41, 5.74) is 9.78. The average Bonchev–Trinajstić information content (AvgIpc) is 3.31. The Morgan fingerprint density at radius 1 is 0.906 bits per heavy atom. The molecule has 0 radical (unpaired) electrons. The lowest BCUT2D eigenvalue weighted by molar-refractivity contribution is 0.137. The molecule has 7 heteroatoms. The maximum absolute atomic E-state index is 10.7. The Bertz CT molecular complexity index is 1140. The van der Waals surface area contributed by atoms with E-state index in [0.717, 1.165) is 28.1 Å². The molecule has 4 aromatic rings. The molecular formula is C25H23N3O4. The summed E-state index contributed by atoms with van der Waals surface area (Å²) < 4.78 is 15.7. The molecule has 0 spiro atoms. The second-order valence-corrected chi connectivity index (χ2v) is 7.14. The summed E-state index contributed by atoms with van der Waals surface area (Å²) in [4.78, 5) is 10.7. The first-order valence-corrected chi connectivity index (χ1v) is 10.1. The first-order chi connectivity index (χ1) is 15.7. The molecule has 3 N–H and O–H groups in total. The highest BCUT2D eigenvalue weighted by Crippen LogP contribution is 2.22. The van der Waals surface area contributed by atoms with Gasteiger partial charge in [0.1, 0.15) is 18.1 Å². The van der Waals surface area contributed by atoms with Crippen LogP contribution in [0.5, 0.6) is 5.75 Å². The Labute approximate surface area is 185 Å². The van der Waals surface area contributed by atoms with Gasteiger partial charge >= 0.3 is 6.09 Å². The summed E-state index contributed by atoms with van der Waals surface area (Å²) >= 11 is 0. The number of hydrogen-bond donors (Lipinski definition) is 2. The maximum Gasteiger partial charge on any atom is 0.404 e. The Kier molecular flexibility index (Phi) is 6.67. The van der Waals surface area contributed by atoms with Crippen LogP contribution in [0.25, 0.3) is 11.3 Å². The molecule has 3 aromatic carbocycles. The van der Waals surface area contributed by atoms with Crippen LogP contribution in [0.1, 0.15) is 16.9 Å². The molecule has 0 atom stereocenters. The van der Waals surface area contributed by atoms with Gasteiger partial charge in [0.25, 0.3) is 0 Å². The zero-order valence-corrected chi connectivity index (χ0v) is 17.4. The van der Waals surface area contributed by atoms with E-state index >= 15 is 0 Å². The summed E-state index contributed by atoms with van der Waals surface area (Å²) in [5.74, 6) is 1.27. The van der Waals surface area contributed by atoms with E-state index in [-0.39, 0.29) is 6.61 Å². The molecule has 0 aliphatic heterocycles. The van der Waals surface area contributed by atoms with Crippen molar-refractivity contribution in [2.45, 2.75) is 19.8 Å². The minimum absolute atomic E-state index is 0.0436. The number of ether oxygens (including phenoxy) is 2. The topological polar surface area (TPSA) is 99.6 Å². The number of carbonyl (C=O) groups is 1. The van der Waals surface area contributed by atoms with Crippen molar-refractivity contribution in [3.63, 3.8) is 0 Å². The van der Waals surface area contributed by atoms with E-state index < -0.39 is 6.09 Å². The molecule has 1 heterocycles. The van der Waals surface area contributed by atoms with E-state index in [1.807, 2.05) is 78.9 Å². The highest BCUT2D eigenvalue weighted by atomic mass is 16.6. The predicted octanol–water partition coefficient (Wildman–Crippen LogP) is 5.13. The predicted molar refractivity (Wildman–Crippen MR) is 121 cm³/mol. The fraction of sp³-hybridized carbons (Fsp3) is 0.120. The first-order valence-electron chi connectivity index (χ1n) is 10.1. The van der Waals surface area contributed by atoms with Crippen LogP contribution < -0.4 is 15.8 Å². The number of nitrogens with one attached hydrogen (secondary N) is 1. The van der Waals surface area contributed by atoms with Gasteiger partial charge in [0.2, 0.25) is 0 Å². The minimum atomic E-state index is -0.854. The standard InChI is InChI=1S/C25H23N3O4/c26-25(29)31-17-23-14-24(28-32-23)20-8-10-21(11-9-20)27-15-18-6-12-22(13-7-18)30-16-19-4-2-1-3-5-19/h1-14,27H,15-17H2,(H2,26,29). The number of nitrogens with zero attached hydrogens (tertiary/aromatic N) is 1. The molecule has 162 valence electrons. The molecule has 0 saturated heterocycles. The summed E-state index contributed by atoms with van der Waals surface area (Å²) in [6, 6.07) is 27.7. The number of carbonyl (C=O) groups excluding carboxylic acids is 1. The minimum Gasteiger partial charge on any atom is -0.489 e. The fourth-order valence-electron chi connectivity index (χ4n) is 3.07. The Morgan fingerprint density at radius 3 is 2.38 bits per heavy atom. The van der Waals surface area contributed by atoms with Crippen molar-refractivity contribution in [3.8, 4) is 17.0 Å². The second kappa shape index (κ2) is 10.2. The van der Waals surface area contributed by atoms with Gasteiger partial charge < -0.3 is 25.0 Å². The molecular weight excluding hydrogens is 406 g/mol. The van der Waals surface area contributed by atoms with Crippen LogP contribution in [-0.4, -0.2) is 11.2 Å². The van der Waals surface area contributed by atoms with Gasteiger partial charge in [0, 0.05) is 23.9 Å². The molecule has 32 heavy (non-hydrogen) atoms. The molecule has 1 amide bonds. The van der Waals surface area contributed by atoms with Crippen molar-refractivity contribution in [3.05, 3.63) is 102 Å². The lowest BCUT2D eigenvalue weighted by atomic mass is 10.1. The van der Waals surface area contributed by atoms with Crippen molar-refractivity contribution in [2.75, 3.05) is 5.32 Å². The molecule has 0 bridgehead atoms. The van der Waals surface area contributed by atoms with Gasteiger partial charge in [-0.3, -0.25) is 0 Å². The number of amides is 1. The SMILES string of the molecule is NC(=O)OCc1cc(-c2ccc(NCc3ccc(OCc4ccccc4)cc3)cc2)no1. The molecule has 0 saturated carbocycles. The van der Waals surface area contributed by atoms with Crippen LogP contribution in [0.4, 0.5) is 10.5 Å². The van der Waals surface area contributed by atoms with Gasteiger partial charge in [-0.1, -0.05) is 59.8 Å².